The van der Waals surface area contributed by atoms with Gasteiger partial charge < -0.3 is 28.4 Å². The van der Waals surface area contributed by atoms with Crippen LogP contribution in [-0.4, -0.2) is 86.1 Å². The summed E-state index contributed by atoms with van der Waals surface area (Å²) >= 11 is 0. The zero-order valence-corrected chi connectivity index (χ0v) is 39.4. The molecule has 1 unspecified atom stereocenters. The van der Waals surface area contributed by atoms with Crippen molar-refractivity contribution in [2.24, 2.45) is 0 Å². The van der Waals surface area contributed by atoms with E-state index >= 15 is 0 Å². The summed E-state index contributed by atoms with van der Waals surface area (Å²) in [6, 6.07) is 0. The van der Waals surface area contributed by atoms with Crippen molar-refractivity contribution in [2.45, 2.75) is 175 Å². The van der Waals surface area contributed by atoms with Gasteiger partial charge in [0.1, 0.15) is 31.3 Å². The van der Waals surface area contributed by atoms with Gasteiger partial charge in [0, 0.05) is 25.7 Å². The normalized spacial score (nSPS) is 14.5. The van der Waals surface area contributed by atoms with Crippen LogP contribution in [-0.2, 0) is 45.5 Å². The minimum absolute atomic E-state index is 0.00537. The van der Waals surface area contributed by atoms with E-state index in [1.165, 1.54) is 30.4 Å². The number of rotatable bonds is 37. The van der Waals surface area contributed by atoms with Crippen molar-refractivity contribution >= 4 is 19.8 Å². The highest BCUT2D eigenvalue weighted by atomic mass is 31.2. The number of phosphoric acid groups is 1. The number of unbranched alkanes of at least 4 members (excludes halogenated alkanes) is 9. The number of carbonyl (C=O) groups excluding carboxylic acids is 2. The van der Waals surface area contributed by atoms with Crippen LogP contribution in [0.25, 0.3) is 0 Å². The molecular formula is C48H83NO10P+. The smallest absolute Gasteiger partial charge is 0.466 e. The van der Waals surface area contributed by atoms with Gasteiger partial charge in [0.25, 0.3) is 0 Å². The Hall–Kier alpha value is -2.79. The van der Waals surface area contributed by atoms with Crippen LogP contribution >= 0.6 is 7.82 Å². The molecule has 3 atom stereocenters. The number of aliphatic hydroxyl groups excluding tert-OH is 1. The highest BCUT2D eigenvalue weighted by Crippen LogP contribution is 2.43. The molecule has 1 heterocycles. The van der Waals surface area contributed by atoms with Gasteiger partial charge in [-0.2, -0.15) is 0 Å². The van der Waals surface area contributed by atoms with Gasteiger partial charge in [-0.05, 0) is 82.8 Å². The Kier molecular flexibility index (Phi) is 31.1. The molecule has 2 N–H and O–H groups in total. The maximum absolute atomic E-state index is 12.8. The van der Waals surface area contributed by atoms with Crippen LogP contribution in [0, 0.1) is 13.8 Å². The summed E-state index contributed by atoms with van der Waals surface area (Å²) in [5.41, 5.74) is 2.59. The summed E-state index contributed by atoms with van der Waals surface area (Å²) in [7, 11) is 1.39. The highest BCUT2D eigenvalue weighted by Gasteiger charge is 2.27. The van der Waals surface area contributed by atoms with E-state index in [1.807, 2.05) is 39.4 Å². The molecule has 1 aromatic heterocycles. The minimum Gasteiger partial charge on any atom is -0.466 e. The number of nitrogens with zero attached hydrogens (tertiary/aromatic N) is 1. The number of esters is 2. The molecule has 12 heteroatoms. The summed E-state index contributed by atoms with van der Waals surface area (Å²) < 4.78 is 40.5. The van der Waals surface area contributed by atoms with Gasteiger partial charge in [0.05, 0.1) is 33.9 Å². The number of hydrogen-bond donors (Lipinski definition) is 2. The fraction of sp³-hybridized carbons (Fsp3) is 0.708. The van der Waals surface area contributed by atoms with Crippen molar-refractivity contribution < 1.29 is 51.6 Å². The number of aryl methyl sites for hydroxylation is 2. The van der Waals surface area contributed by atoms with E-state index < -0.39 is 32.5 Å². The molecule has 0 amide bonds. The summed E-state index contributed by atoms with van der Waals surface area (Å²) in [5, 5.41) is 9.83. The number of carbonyl (C=O) groups is 2. The molecule has 11 nitrogen and oxygen atoms in total. The number of ether oxygens (including phenoxy) is 2. The largest absolute Gasteiger partial charge is 0.472 e. The van der Waals surface area contributed by atoms with Gasteiger partial charge >= 0.3 is 19.8 Å². The Morgan fingerprint density at radius 3 is 1.87 bits per heavy atom. The first-order chi connectivity index (χ1) is 28.7. The van der Waals surface area contributed by atoms with Gasteiger partial charge in [-0.15, -0.1) is 0 Å². The molecule has 60 heavy (non-hydrogen) atoms. The van der Waals surface area contributed by atoms with Gasteiger partial charge in [0.15, 0.2) is 6.10 Å². The lowest BCUT2D eigenvalue weighted by Crippen LogP contribution is -2.37. The maximum Gasteiger partial charge on any atom is 0.472 e. The average Bonchev–Trinajstić information content (AvgIpc) is 3.46. The van der Waals surface area contributed by atoms with Gasteiger partial charge in [-0.3, -0.25) is 18.6 Å². The minimum atomic E-state index is -4.42. The number of phosphoric ester groups is 1. The van der Waals surface area contributed by atoms with Crippen LogP contribution in [0.5, 0.6) is 0 Å². The monoisotopic (exact) mass is 865 g/mol. The number of aliphatic hydroxyl groups is 1. The fourth-order valence-corrected chi connectivity index (χ4v) is 6.94. The molecule has 1 rings (SSSR count). The Labute approximate surface area is 363 Å². The third kappa shape index (κ3) is 30.3. The van der Waals surface area contributed by atoms with Gasteiger partial charge in [-0.1, -0.05) is 114 Å². The van der Waals surface area contributed by atoms with Gasteiger partial charge in [0.2, 0.25) is 0 Å². The molecule has 0 saturated heterocycles. The van der Waals surface area contributed by atoms with E-state index in [4.69, 9.17) is 22.9 Å². The van der Waals surface area contributed by atoms with E-state index in [0.29, 0.717) is 30.3 Å². The Bertz CT molecular complexity index is 1460. The highest BCUT2D eigenvalue weighted by molar-refractivity contribution is 7.47. The summed E-state index contributed by atoms with van der Waals surface area (Å²) in [5.74, 6) is 1.34. The molecule has 0 fully saturated rings. The molecule has 0 saturated carbocycles. The summed E-state index contributed by atoms with van der Waals surface area (Å²) in [4.78, 5) is 35.5. The lowest BCUT2D eigenvalue weighted by molar-refractivity contribution is -0.870. The third-order valence-corrected chi connectivity index (χ3v) is 11.1. The van der Waals surface area contributed by atoms with Crippen molar-refractivity contribution in [3.63, 3.8) is 0 Å². The van der Waals surface area contributed by atoms with E-state index in [0.717, 1.165) is 95.0 Å². The third-order valence-electron chi connectivity index (χ3n) is 10.1. The van der Waals surface area contributed by atoms with E-state index in [2.05, 4.69) is 58.1 Å². The fourth-order valence-electron chi connectivity index (χ4n) is 6.20. The van der Waals surface area contributed by atoms with Crippen LogP contribution in [0.4, 0.5) is 0 Å². The molecular weight excluding hydrogens is 781 g/mol. The summed E-state index contributed by atoms with van der Waals surface area (Å²) in [6.07, 6.45) is 33.4. The van der Waals surface area contributed by atoms with Crippen molar-refractivity contribution in [3.8, 4) is 0 Å². The number of allylic oxidation sites excluding steroid dienone is 7. The van der Waals surface area contributed by atoms with Gasteiger partial charge in [-0.25, -0.2) is 4.57 Å². The Balaban J connectivity index is 2.43. The average molecular weight is 865 g/mol. The zero-order valence-electron chi connectivity index (χ0n) is 38.5. The quantitative estimate of drug-likeness (QED) is 0.0218. The zero-order chi connectivity index (χ0) is 44.5. The Morgan fingerprint density at radius 2 is 1.25 bits per heavy atom. The Morgan fingerprint density at radius 1 is 0.700 bits per heavy atom. The topological polar surface area (TPSA) is 142 Å². The predicted octanol–water partition coefficient (Wildman–Crippen LogP) is 11.3. The van der Waals surface area contributed by atoms with E-state index in [1.54, 1.807) is 0 Å². The van der Waals surface area contributed by atoms with E-state index in [-0.39, 0.29) is 32.2 Å². The lowest BCUT2D eigenvalue weighted by Gasteiger charge is -2.24. The standard InChI is InChI=1S/C48H82NO10P/c1-8-10-26-33-45-41(3)42(4)46(59-45)34-28-23-20-21-25-30-36-48(52)58-44(40-57-60(53,54)56-38-37-49(5,6)7)39-55-47(51)35-29-24-19-17-15-13-12-14-16-18-22-27-32-43(50)31-11-9-2/h12-13,16-19,27,32,43-44,50H,8-11,14-15,20-26,28-31,33-40H2,1-7H3/p+1/b13-12-,18-16-,19-17-,32-27-/t43-,44+/m0/s1. The predicted molar refractivity (Wildman–Crippen MR) is 243 cm³/mol. The van der Waals surface area contributed by atoms with Crippen molar-refractivity contribution in [3.05, 3.63) is 71.3 Å². The number of quaternary nitrogens is 1. The van der Waals surface area contributed by atoms with Crippen LogP contribution in [0.15, 0.2) is 53.0 Å². The molecule has 1 aromatic rings. The molecule has 0 aliphatic carbocycles. The van der Waals surface area contributed by atoms with Crippen LogP contribution in [0.3, 0.4) is 0 Å². The second kappa shape index (κ2) is 33.8. The first kappa shape index (κ1) is 55.2. The van der Waals surface area contributed by atoms with Crippen molar-refractivity contribution in [2.75, 3.05) is 47.5 Å². The molecule has 0 aliphatic heterocycles. The van der Waals surface area contributed by atoms with Crippen LogP contribution in [0.2, 0.25) is 0 Å². The first-order valence-corrected chi connectivity index (χ1v) is 24.3. The molecule has 0 bridgehead atoms. The number of hydrogen-bond acceptors (Lipinski definition) is 9. The second-order valence-electron chi connectivity index (χ2n) is 16.8. The molecule has 0 radical (unpaired) electrons. The van der Waals surface area contributed by atoms with Crippen molar-refractivity contribution in [1.29, 1.82) is 0 Å². The van der Waals surface area contributed by atoms with Crippen LogP contribution in [0.1, 0.15) is 158 Å². The number of likely N-dealkylation sites (N-methyl/N-ethyl adjacent to an activating group) is 1. The maximum atomic E-state index is 12.8. The first-order valence-electron chi connectivity index (χ1n) is 22.8. The SMILES string of the molecule is CCCCCc1oc(CCCCCCCCC(=O)O[C@H](COC(=O)CCC/C=C\C/C=C\C/C=C\C/C=C\[C@@H](O)CCCC)COP(=O)(O)OCC[N+](C)(C)C)c(C)c1C. The van der Waals surface area contributed by atoms with Crippen LogP contribution < -0.4 is 0 Å². The van der Waals surface area contributed by atoms with Crippen molar-refractivity contribution in [1.82, 2.24) is 0 Å². The molecule has 0 spiro atoms. The van der Waals surface area contributed by atoms with E-state index in [9.17, 15) is 24.2 Å². The molecule has 344 valence electrons. The second-order valence-corrected chi connectivity index (χ2v) is 18.3. The number of furan rings is 1. The summed E-state index contributed by atoms with van der Waals surface area (Å²) in [6.45, 7) is 8.42. The lowest BCUT2D eigenvalue weighted by atomic mass is 10.0. The molecule has 0 aliphatic rings. The molecule has 0 aromatic carbocycles.